The number of fused-ring (bicyclic) bond motifs is 1. The molecule has 1 unspecified atom stereocenters. The monoisotopic (exact) mass is 396 g/mol. The van der Waals surface area contributed by atoms with E-state index in [2.05, 4.69) is 55.2 Å². The Balaban J connectivity index is 1.84. The average Bonchev–Trinajstić information content (AvgIpc) is 3.06. The number of hydrogen-bond acceptors (Lipinski definition) is 4. The van der Waals surface area contributed by atoms with Crippen molar-refractivity contribution in [2.24, 2.45) is 0 Å². The highest BCUT2D eigenvalue weighted by Crippen LogP contribution is 2.29. The maximum absolute atomic E-state index is 12.9. The lowest BCUT2D eigenvalue weighted by atomic mass is 10.1. The molecule has 0 aliphatic rings. The van der Waals surface area contributed by atoms with E-state index in [1.54, 1.807) is 6.20 Å². The number of aryl methyl sites for hydroxylation is 2. The maximum atomic E-state index is 12.9. The Labute approximate surface area is 170 Å². The van der Waals surface area contributed by atoms with Crippen molar-refractivity contribution in [1.29, 1.82) is 0 Å². The molecule has 0 radical (unpaired) electrons. The average molecular weight is 397 g/mol. The molecule has 5 nitrogen and oxygen atoms in total. The molecule has 1 N–H and O–H groups in total. The first-order valence-corrected chi connectivity index (χ1v) is 10.6. The summed E-state index contributed by atoms with van der Waals surface area (Å²) < 4.78 is 1.88. The molecule has 0 saturated heterocycles. The molecule has 0 aliphatic carbocycles. The zero-order valence-electron chi connectivity index (χ0n) is 17.4. The molecule has 28 heavy (non-hydrogen) atoms. The second kappa shape index (κ2) is 8.35. The van der Waals surface area contributed by atoms with Gasteiger partial charge in [0.15, 0.2) is 5.65 Å². The lowest BCUT2D eigenvalue weighted by molar-refractivity contribution is 0.102. The predicted octanol–water partition coefficient (Wildman–Crippen LogP) is 5.77. The Morgan fingerprint density at radius 3 is 2.61 bits per heavy atom. The molecule has 0 aliphatic heterocycles. The standard InChI is InChI=1S/C22H28N4OS/c1-7-15(5)28-18-8-9-20(14(4)10-18)25-22(27)19-11-17-12-23-26(13(2)3)21(17)24-16(19)6/h8-13,15H,7H2,1-6H3,(H,25,27). The van der Waals surface area contributed by atoms with Crippen LogP contribution < -0.4 is 5.32 Å². The van der Waals surface area contributed by atoms with Gasteiger partial charge in [-0.3, -0.25) is 4.79 Å². The molecule has 1 amide bonds. The summed E-state index contributed by atoms with van der Waals surface area (Å²) in [5, 5.41) is 8.89. The van der Waals surface area contributed by atoms with Gasteiger partial charge in [-0.2, -0.15) is 5.10 Å². The van der Waals surface area contributed by atoms with E-state index in [1.165, 1.54) is 4.90 Å². The van der Waals surface area contributed by atoms with Crippen LogP contribution in [0.25, 0.3) is 11.0 Å². The first kappa shape index (κ1) is 20.4. The van der Waals surface area contributed by atoms with Crippen molar-refractivity contribution in [3.63, 3.8) is 0 Å². The van der Waals surface area contributed by atoms with Gasteiger partial charge in [-0.1, -0.05) is 13.8 Å². The van der Waals surface area contributed by atoms with Crippen molar-refractivity contribution in [2.75, 3.05) is 5.32 Å². The van der Waals surface area contributed by atoms with Crippen molar-refractivity contribution >= 4 is 34.4 Å². The van der Waals surface area contributed by atoms with Crippen molar-refractivity contribution < 1.29 is 4.79 Å². The van der Waals surface area contributed by atoms with Crippen LogP contribution in [0.5, 0.6) is 0 Å². The van der Waals surface area contributed by atoms with Gasteiger partial charge < -0.3 is 5.32 Å². The summed E-state index contributed by atoms with van der Waals surface area (Å²) in [5.41, 5.74) is 3.98. The van der Waals surface area contributed by atoms with Crippen LogP contribution >= 0.6 is 11.8 Å². The van der Waals surface area contributed by atoms with Gasteiger partial charge in [0.05, 0.1) is 17.5 Å². The molecular formula is C22H28N4OS. The Morgan fingerprint density at radius 1 is 1.21 bits per heavy atom. The van der Waals surface area contributed by atoms with Crippen LogP contribution in [0.4, 0.5) is 5.69 Å². The molecule has 3 rings (SSSR count). The lowest BCUT2D eigenvalue weighted by Gasteiger charge is -2.13. The Hall–Kier alpha value is -2.34. The number of rotatable bonds is 6. The summed E-state index contributed by atoms with van der Waals surface area (Å²) >= 11 is 1.86. The summed E-state index contributed by atoms with van der Waals surface area (Å²) in [5.74, 6) is -0.144. The first-order valence-electron chi connectivity index (χ1n) is 9.73. The second-order valence-corrected chi connectivity index (χ2v) is 9.00. The molecule has 0 spiro atoms. The number of nitrogens with zero attached hydrogens (tertiary/aromatic N) is 3. The second-order valence-electron chi connectivity index (χ2n) is 7.48. The number of aromatic nitrogens is 3. The van der Waals surface area contributed by atoms with E-state index >= 15 is 0 Å². The van der Waals surface area contributed by atoms with Gasteiger partial charge in [-0.05, 0) is 63.9 Å². The van der Waals surface area contributed by atoms with Crippen molar-refractivity contribution in [3.05, 3.63) is 47.3 Å². The Bertz CT molecular complexity index is 1010. The van der Waals surface area contributed by atoms with Gasteiger partial charge >= 0.3 is 0 Å². The van der Waals surface area contributed by atoms with Crippen LogP contribution in [0.2, 0.25) is 0 Å². The zero-order chi connectivity index (χ0) is 20.4. The summed E-state index contributed by atoms with van der Waals surface area (Å²) in [7, 11) is 0. The topological polar surface area (TPSA) is 59.8 Å². The van der Waals surface area contributed by atoms with E-state index in [9.17, 15) is 4.79 Å². The molecule has 0 saturated carbocycles. The number of nitrogens with one attached hydrogen (secondary N) is 1. The number of carbonyl (C=O) groups excluding carboxylic acids is 1. The fourth-order valence-corrected chi connectivity index (χ4v) is 4.05. The summed E-state index contributed by atoms with van der Waals surface area (Å²) in [6, 6.07) is 8.28. The lowest BCUT2D eigenvalue weighted by Crippen LogP contribution is -2.15. The van der Waals surface area contributed by atoms with E-state index in [0.29, 0.717) is 16.5 Å². The Morgan fingerprint density at radius 2 is 1.96 bits per heavy atom. The molecule has 3 aromatic rings. The van der Waals surface area contributed by atoms with Crippen LogP contribution in [-0.4, -0.2) is 25.9 Å². The van der Waals surface area contributed by atoms with Gasteiger partial charge in [0.2, 0.25) is 0 Å². The normalized spacial score (nSPS) is 12.5. The van der Waals surface area contributed by atoms with Crippen molar-refractivity contribution in [2.45, 2.75) is 64.2 Å². The SMILES string of the molecule is CCC(C)Sc1ccc(NC(=O)c2cc3cnn(C(C)C)c3nc2C)c(C)c1. The Kier molecular flexibility index (Phi) is 6.08. The molecular weight excluding hydrogens is 368 g/mol. The van der Waals surface area contributed by atoms with Crippen molar-refractivity contribution in [3.8, 4) is 0 Å². The van der Waals surface area contributed by atoms with Gasteiger partial charge in [0.1, 0.15) is 0 Å². The van der Waals surface area contributed by atoms with Crippen LogP contribution in [0.3, 0.4) is 0 Å². The van der Waals surface area contributed by atoms with E-state index in [0.717, 1.165) is 28.7 Å². The molecule has 0 fully saturated rings. The maximum Gasteiger partial charge on any atom is 0.257 e. The number of hydrogen-bond donors (Lipinski definition) is 1. The molecule has 1 atom stereocenters. The molecule has 2 heterocycles. The van der Waals surface area contributed by atoms with Gasteiger partial charge in [0, 0.05) is 27.3 Å². The smallest absolute Gasteiger partial charge is 0.257 e. The predicted molar refractivity (Wildman–Crippen MR) is 117 cm³/mol. The van der Waals surface area contributed by atoms with Crippen LogP contribution in [-0.2, 0) is 0 Å². The number of pyridine rings is 1. The first-order chi connectivity index (χ1) is 13.3. The molecule has 0 bridgehead atoms. The molecule has 148 valence electrons. The van der Waals surface area contributed by atoms with Gasteiger partial charge in [0.25, 0.3) is 5.91 Å². The number of anilines is 1. The molecule has 1 aromatic carbocycles. The van der Waals surface area contributed by atoms with E-state index in [1.807, 2.05) is 42.4 Å². The summed E-state index contributed by atoms with van der Waals surface area (Å²) in [6.07, 6.45) is 2.90. The highest BCUT2D eigenvalue weighted by molar-refractivity contribution is 7.99. The van der Waals surface area contributed by atoms with Crippen molar-refractivity contribution in [1.82, 2.24) is 14.8 Å². The highest BCUT2D eigenvalue weighted by atomic mass is 32.2. The fourth-order valence-electron chi connectivity index (χ4n) is 3.03. The van der Waals surface area contributed by atoms with E-state index in [4.69, 9.17) is 0 Å². The summed E-state index contributed by atoms with van der Waals surface area (Å²) in [6.45, 7) is 12.4. The fraction of sp³-hybridized carbons (Fsp3) is 0.409. The number of thioether (sulfide) groups is 1. The van der Waals surface area contributed by atoms with Crippen LogP contribution in [0.1, 0.15) is 61.8 Å². The third kappa shape index (κ3) is 4.22. The van der Waals surface area contributed by atoms with Crippen LogP contribution in [0.15, 0.2) is 35.4 Å². The number of carbonyl (C=O) groups is 1. The molecule has 6 heteroatoms. The largest absolute Gasteiger partial charge is 0.322 e. The number of benzene rings is 1. The zero-order valence-corrected chi connectivity index (χ0v) is 18.2. The highest BCUT2D eigenvalue weighted by Gasteiger charge is 2.16. The minimum atomic E-state index is -0.144. The van der Waals surface area contributed by atoms with Gasteiger partial charge in [-0.25, -0.2) is 9.67 Å². The minimum absolute atomic E-state index is 0.144. The van der Waals surface area contributed by atoms with E-state index in [-0.39, 0.29) is 11.9 Å². The summed E-state index contributed by atoms with van der Waals surface area (Å²) in [4.78, 5) is 18.8. The van der Waals surface area contributed by atoms with Crippen LogP contribution in [0, 0.1) is 13.8 Å². The minimum Gasteiger partial charge on any atom is -0.322 e. The quantitative estimate of drug-likeness (QED) is 0.537. The van der Waals surface area contributed by atoms with Gasteiger partial charge in [-0.15, -0.1) is 11.8 Å². The number of amides is 1. The van der Waals surface area contributed by atoms with E-state index < -0.39 is 0 Å². The molecule has 2 aromatic heterocycles. The third-order valence-electron chi connectivity index (χ3n) is 4.85. The third-order valence-corrected chi connectivity index (χ3v) is 6.11.